The lowest BCUT2D eigenvalue weighted by molar-refractivity contribution is 0.481. The molecule has 0 saturated carbocycles. The van der Waals surface area contributed by atoms with Crippen LogP contribution < -0.4 is 16.2 Å². The van der Waals surface area contributed by atoms with Crippen LogP contribution in [0.1, 0.15) is 0 Å². The summed E-state index contributed by atoms with van der Waals surface area (Å²) in [4.78, 5) is -0.464. The predicted octanol–water partition coefficient (Wildman–Crippen LogP) is 8.08. The molecule has 0 aliphatic carbocycles. The Bertz CT molecular complexity index is 2300. The summed E-state index contributed by atoms with van der Waals surface area (Å²) >= 11 is 0. The van der Waals surface area contributed by atoms with Gasteiger partial charge in [-0.05, 0) is 66.7 Å². The van der Waals surface area contributed by atoms with Crippen molar-refractivity contribution in [3.05, 3.63) is 121 Å². The Kier molecular flexibility index (Phi) is 7.91. The van der Waals surface area contributed by atoms with E-state index in [2.05, 4.69) is 26.4 Å². The molecule has 0 unspecified atom stereocenters. The highest BCUT2D eigenvalue weighted by molar-refractivity contribution is 7.86. The molecule has 13 heteroatoms. The van der Waals surface area contributed by atoms with E-state index in [4.69, 9.17) is 0 Å². The fourth-order valence-corrected chi connectivity index (χ4v) is 6.09. The van der Waals surface area contributed by atoms with Crippen molar-refractivity contribution in [2.45, 2.75) is 9.79 Å². The summed E-state index contributed by atoms with van der Waals surface area (Å²) in [5.41, 5.74) is 9.57. The molecule has 0 saturated heterocycles. The first-order valence-corrected chi connectivity index (χ1v) is 16.3. The van der Waals surface area contributed by atoms with E-state index >= 15 is 0 Å². The number of para-hydroxylation sites is 1. The van der Waals surface area contributed by atoms with Gasteiger partial charge in [-0.3, -0.25) is 9.11 Å². The standard InChI is InChI=1S/C32H25N5O6S2/c38-44(39,40)23-15-13-22(14-16-23)34-35-27-17-18-28(25-10-5-4-9-24(25)27)36-37-29-19-20-30(33-21-7-2-1-3-8-21)32-26(29)11-6-12-31(32)45(41,42)43/h1-20,33-35H,(H,38,39,40)(H,41,42,43)/b37-36+. The molecule has 0 amide bonds. The summed E-state index contributed by atoms with van der Waals surface area (Å²) in [6, 6.07) is 34.0. The van der Waals surface area contributed by atoms with Crippen molar-refractivity contribution in [3.63, 3.8) is 0 Å². The number of azo groups is 1. The molecule has 0 aromatic heterocycles. The number of nitrogens with zero attached hydrogens (tertiary/aromatic N) is 2. The Morgan fingerprint density at radius 1 is 0.489 bits per heavy atom. The smallest absolute Gasteiger partial charge is 0.295 e. The van der Waals surface area contributed by atoms with Crippen molar-refractivity contribution in [3.8, 4) is 0 Å². The van der Waals surface area contributed by atoms with Crippen molar-refractivity contribution in [2.75, 3.05) is 16.2 Å². The minimum atomic E-state index is -4.56. The highest BCUT2D eigenvalue weighted by atomic mass is 32.2. The van der Waals surface area contributed by atoms with Crippen molar-refractivity contribution in [2.24, 2.45) is 10.2 Å². The van der Waals surface area contributed by atoms with Gasteiger partial charge in [0.1, 0.15) is 4.90 Å². The van der Waals surface area contributed by atoms with Gasteiger partial charge in [0.2, 0.25) is 0 Å². The van der Waals surface area contributed by atoms with Crippen LogP contribution in [-0.4, -0.2) is 25.9 Å². The van der Waals surface area contributed by atoms with Crippen LogP contribution in [0.4, 0.5) is 34.1 Å². The summed E-state index contributed by atoms with van der Waals surface area (Å²) in [7, 11) is -8.85. The summed E-state index contributed by atoms with van der Waals surface area (Å²) in [5, 5.41) is 14.6. The molecule has 0 aliphatic heterocycles. The number of fused-ring (bicyclic) bond motifs is 2. The van der Waals surface area contributed by atoms with Crippen LogP contribution >= 0.6 is 0 Å². The molecule has 0 aliphatic rings. The summed E-state index contributed by atoms with van der Waals surface area (Å²) < 4.78 is 66.5. The number of rotatable bonds is 9. The van der Waals surface area contributed by atoms with E-state index in [0.717, 1.165) is 16.5 Å². The molecule has 0 spiro atoms. The van der Waals surface area contributed by atoms with Crippen LogP contribution in [0.15, 0.2) is 141 Å². The van der Waals surface area contributed by atoms with Crippen LogP contribution in [0.25, 0.3) is 21.5 Å². The topological polar surface area (TPSA) is 170 Å². The fourth-order valence-electron chi connectivity index (χ4n) is 4.88. The van der Waals surface area contributed by atoms with E-state index < -0.39 is 20.2 Å². The van der Waals surface area contributed by atoms with Gasteiger partial charge in [-0.1, -0.05) is 54.6 Å². The number of hydrogen-bond donors (Lipinski definition) is 5. The third kappa shape index (κ3) is 6.46. The molecular weight excluding hydrogens is 615 g/mol. The molecular formula is C32H25N5O6S2. The number of anilines is 4. The third-order valence-electron chi connectivity index (χ3n) is 6.97. The lowest BCUT2D eigenvalue weighted by atomic mass is 10.1. The van der Waals surface area contributed by atoms with Gasteiger partial charge in [-0.15, -0.1) is 10.2 Å². The Hall–Kier alpha value is -5.34. The maximum atomic E-state index is 12.3. The van der Waals surface area contributed by atoms with Crippen molar-refractivity contribution >= 4 is 75.9 Å². The minimum absolute atomic E-state index is 0.211. The second kappa shape index (κ2) is 12.0. The Morgan fingerprint density at radius 2 is 1.09 bits per heavy atom. The van der Waals surface area contributed by atoms with Gasteiger partial charge >= 0.3 is 0 Å². The zero-order valence-electron chi connectivity index (χ0n) is 23.3. The van der Waals surface area contributed by atoms with Crippen LogP contribution in [0.5, 0.6) is 0 Å². The van der Waals surface area contributed by atoms with E-state index in [1.807, 2.05) is 54.6 Å². The normalized spacial score (nSPS) is 12.0. The predicted molar refractivity (Wildman–Crippen MR) is 175 cm³/mol. The monoisotopic (exact) mass is 639 g/mol. The zero-order valence-corrected chi connectivity index (χ0v) is 24.9. The lowest BCUT2D eigenvalue weighted by Crippen LogP contribution is -2.09. The van der Waals surface area contributed by atoms with E-state index in [-0.39, 0.29) is 15.2 Å². The first kappa shape index (κ1) is 29.7. The van der Waals surface area contributed by atoms with Crippen LogP contribution in [0.3, 0.4) is 0 Å². The lowest BCUT2D eigenvalue weighted by Gasteiger charge is -2.14. The Morgan fingerprint density at radius 3 is 1.76 bits per heavy atom. The van der Waals surface area contributed by atoms with Crippen molar-refractivity contribution in [1.29, 1.82) is 0 Å². The first-order chi connectivity index (χ1) is 21.6. The highest BCUT2D eigenvalue weighted by Gasteiger charge is 2.19. The van der Waals surface area contributed by atoms with Crippen LogP contribution in [0.2, 0.25) is 0 Å². The maximum Gasteiger partial charge on any atom is 0.295 e. The van der Waals surface area contributed by atoms with Gasteiger partial charge in [-0.2, -0.15) is 16.8 Å². The van der Waals surface area contributed by atoms with Gasteiger partial charge in [0.15, 0.2) is 0 Å². The second-order valence-electron chi connectivity index (χ2n) is 9.90. The van der Waals surface area contributed by atoms with Crippen LogP contribution in [0, 0.1) is 0 Å². The highest BCUT2D eigenvalue weighted by Crippen LogP contribution is 2.39. The molecule has 0 fully saturated rings. The fraction of sp³-hybridized carbons (Fsp3) is 0. The molecule has 6 aromatic carbocycles. The molecule has 0 atom stereocenters. The summed E-state index contributed by atoms with van der Waals surface area (Å²) in [6.07, 6.45) is 0. The van der Waals surface area contributed by atoms with Crippen molar-refractivity contribution in [1.82, 2.24) is 0 Å². The van der Waals surface area contributed by atoms with Gasteiger partial charge in [0.25, 0.3) is 20.2 Å². The van der Waals surface area contributed by atoms with Gasteiger partial charge in [-0.25, -0.2) is 0 Å². The van der Waals surface area contributed by atoms with E-state index in [0.29, 0.717) is 33.8 Å². The maximum absolute atomic E-state index is 12.3. The average molecular weight is 640 g/mol. The third-order valence-corrected chi connectivity index (χ3v) is 8.73. The molecule has 11 nitrogen and oxygen atoms in total. The summed E-state index contributed by atoms with van der Waals surface area (Å²) in [5.74, 6) is 0. The molecule has 6 aromatic rings. The SMILES string of the molecule is O=S(=O)(O)c1ccc(NNc2ccc(/N=N/c3ccc(Nc4ccccc4)c4c(S(=O)(=O)O)cccc34)c3ccccc23)cc1. The van der Waals surface area contributed by atoms with Gasteiger partial charge in [0, 0.05) is 32.9 Å². The van der Waals surface area contributed by atoms with E-state index in [1.54, 1.807) is 30.3 Å². The molecule has 6 rings (SSSR count). The van der Waals surface area contributed by atoms with Crippen LogP contribution in [-0.2, 0) is 20.2 Å². The molecule has 0 bridgehead atoms. The van der Waals surface area contributed by atoms with Gasteiger partial charge < -0.3 is 16.2 Å². The number of hydrogen-bond acceptors (Lipinski definition) is 9. The first-order valence-electron chi connectivity index (χ1n) is 13.5. The van der Waals surface area contributed by atoms with E-state index in [1.165, 1.54) is 36.4 Å². The van der Waals surface area contributed by atoms with Gasteiger partial charge in [0.05, 0.1) is 27.6 Å². The Labute approximate surface area is 258 Å². The molecule has 5 N–H and O–H groups in total. The molecule has 0 radical (unpaired) electrons. The van der Waals surface area contributed by atoms with E-state index in [9.17, 15) is 25.9 Å². The average Bonchev–Trinajstić information content (AvgIpc) is 3.03. The number of hydrazine groups is 1. The Balaban J connectivity index is 1.34. The zero-order chi connectivity index (χ0) is 31.6. The van der Waals surface area contributed by atoms with Crippen molar-refractivity contribution < 1.29 is 25.9 Å². The quantitative estimate of drug-likeness (QED) is 0.0596. The molecule has 0 heterocycles. The number of benzene rings is 6. The second-order valence-corrected chi connectivity index (χ2v) is 12.7. The molecule has 45 heavy (non-hydrogen) atoms. The summed E-state index contributed by atoms with van der Waals surface area (Å²) in [6.45, 7) is 0. The molecule has 226 valence electrons. The minimum Gasteiger partial charge on any atom is -0.355 e. The number of nitrogens with one attached hydrogen (secondary N) is 3. The largest absolute Gasteiger partial charge is 0.355 e.